The van der Waals surface area contributed by atoms with Gasteiger partial charge in [0, 0.05) is 37.2 Å². The van der Waals surface area contributed by atoms with Crippen molar-refractivity contribution in [2.45, 2.75) is 37.7 Å². The van der Waals surface area contributed by atoms with Gasteiger partial charge in [-0.15, -0.1) is 0 Å². The molecule has 0 bridgehead atoms. The number of nitro groups is 1. The fraction of sp³-hybridized carbons (Fsp3) is 0.500. The first kappa shape index (κ1) is 16.6. The van der Waals surface area contributed by atoms with Crippen LogP contribution in [0, 0.1) is 16.0 Å². The Balaban J connectivity index is 1.61. The second-order valence-electron chi connectivity index (χ2n) is 6.76. The molecule has 24 heavy (non-hydrogen) atoms. The van der Waals surface area contributed by atoms with Gasteiger partial charge in [0.05, 0.1) is 10.5 Å². The summed E-state index contributed by atoms with van der Waals surface area (Å²) in [5, 5.41) is 21.3. The number of likely N-dealkylation sites (tertiary alicyclic amines) is 1. The number of carbonyl (C=O) groups excluding carboxylic acids is 1. The van der Waals surface area contributed by atoms with Crippen LogP contribution in [0.4, 0.5) is 5.69 Å². The van der Waals surface area contributed by atoms with Crippen LogP contribution in [-0.2, 0) is 4.79 Å². The van der Waals surface area contributed by atoms with Gasteiger partial charge in [0.15, 0.2) is 0 Å². The highest BCUT2D eigenvalue weighted by Gasteiger charge is 2.43. The molecule has 0 spiro atoms. The third-order valence-electron chi connectivity index (χ3n) is 5.26. The van der Waals surface area contributed by atoms with E-state index in [4.69, 9.17) is 0 Å². The zero-order valence-electron chi connectivity index (χ0n) is 13.6. The van der Waals surface area contributed by atoms with Crippen LogP contribution in [0.15, 0.2) is 30.3 Å². The first-order valence-corrected chi connectivity index (χ1v) is 8.42. The maximum atomic E-state index is 12.4. The van der Waals surface area contributed by atoms with Gasteiger partial charge in [-0.25, -0.2) is 0 Å². The highest BCUT2D eigenvalue weighted by Crippen LogP contribution is 2.39. The van der Waals surface area contributed by atoms with Crippen LogP contribution in [0.5, 0.6) is 0 Å². The van der Waals surface area contributed by atoms with Crippen molar-refractivity contribution >= 4 is 17.7 Å². The average molecular weight is 330 g/mol. The second kappa shape index (κ2) is 6.73. The van der Waals surface area contributed by atoms with Crippen molar-refractivity contribution in [3.63, 3.8) is 0 Å². The number of nitro benzene ring substituents is 1. The molecular formula is C18H22N2O4. The quantitative estimate of drug-likeness (QED) is 0.525. The smallest absolute Gasteiger partial charge is 0.269 e. The van der Waals surface area contributed by atoms with E-state index >= 15 is 0 Å². The van der Waals surface area contributed by atoms with Crippen LogP contribution in [0.25, 0.3) is 6.08 Å². The van der Waals surface area contributed by atoms with Gasteiger partial charge in [-0.1, -0.05) is 12.8 Å². The number of carbonyl (C=O) groups is 1. The van der Waals surface area contributed by atoms with Crippen molar-refractivity contribution in [1.82, 2.24) is 4.90 Å². The van der Waals surface area contributed by atoms with Crippen molar-refractivity contribution in [2.75, 3.05) is 13.1 Å². The third-order valence-corrected chi connectivity index (χ3v) is 5.26. The predicted octanol–water partition coefficient (Wildman–Crippen LogP) is 2.76. The number of hydrogen-bond acceptors (Lipinski definition) is 4. The van der Waals surface area contributed by atoms with Crippen molar-refractivity contribution in [2.24, 2.45) is 5.92 Å². The highest BCUT2D eigenvalue weighted by atomic mass is 16.6. The van der Waals surface area contributed by atoms with Crippen LogP contribution in [0.2, 0.25) is 0 Å². The summed E-state index contributed by atoms with van der Waals surface area (Å²) in [6.45, 7) is 1.19. The molecule has 2 fully saturated rings. The van der Waals surface area contributed by atoms with E-state index in [1.54, 1.807) is 23.1 Å². The van der Waals surface area contributed by atoms with E-state index in [0.717, 1.165) is 31.2 Å². The van der Waals surface area contributed by atoms with Gasteiger partial charge in [-0.2, -0.15) is 0 Å². The van der Waals surface area contributed by atoms with Gasteiger partial charge in [0.2, 0.25) is 5.91 Å². The molecule has 0 unspecified atom stereocenters. The molecule has 0 radical (unpaired) electrons. The normalized spacial score (nSPS) is 27.0. The van der Waals surface area contributed by atoms with E-state index in [-0.39, 0.29) is 17.5 Å². The minimum absolute atomic E-state index is 0.0334. The molecule has 1 N–H and O–H groups in total. The first-order chi connectivity index (χ1) is 11.5. The van der Waals surface area contributed by atoms with Gasteiger partial charge >= 0.3 is 0 Å². The Morgan fingerprint density at radius 1 is 1.29 bits per heavy atom. The molecule has 2 atom stereocenters. The Morgan fingerprint density at radius 3 is 2.75 bits per heavy atom. The summed E-state index contributed by atoms with van der Waals surface area (Å²) in [6, 6.07) is 6.09. The van der Waals surface area contributed by atoms with Gasteiger partial charge in [-0.05, 0) is 43.0 Å². The van der Waals surface area contributed by atoms with Gasteiger partial charge < -0.3 is 10.0 Å². The Labute approximate surface area is 140 Å². The zero-order chi connectivity index (χ0) is 17.2. The van der Waals surface area contributed by atoms with Crippen molar-refractivity contribution in [1.29, 1.82) is 0 Å². The number of non-ortho nitro benzene ring substituents is 1. The van der Waals surface area contributed by atoms with Gasteiger partial charge in [-0.3, -0.25) is 14.9 Å². The average Bonchev–Trinajstić information content (AvgIpc) is 2.59. The molecule has 128 valence electrons. The Morgan fingerprint density at radius 2 is 2.04 bits per heavy atom. The second-order valence-corrected chi connectivity index (χ2v) is 6.76. The molecular weight excluding hydrogens is 308 g/mol. The Kier molecular flexibility index (Phi) is 4.66. The number of hydrogen-bond donors (Lipinski definition) is 1. The first-order valence-electron chi connectivity index (χ1n) is 8.42. The molecule has 1 aliphatic carbocycles. The maximum absolute atomic E-state index is 12.4. The number of rotatable bonds is 3. The number of piperidine rings is 1. The predicted molar refractivity (Wildman–Crippen MR) is 90.2 cm³/mol. The van der Waals surface area contributed by atoms with Crippen LogP contribution in [-0.4, -0.2) is 39.5 Å². The van der Waals surface area contributed by atoms with E-state index in [2.05, 4.69) is 0 Å². The summed E-state index contributed by atoms with van der Waals surface area (Å²) in [5.74, 6) is 0.109. The third kappa shape index (κ3) is 3.48. The van der Waals surface area contributed by atoms with Crippen molar-refractivity contribution < 1.29 is 14.8 Å². The van der Waals surface area contributed by atoms with Crippen LogP contribution < -0.4 is 0 Å². The molecule has 0 aromatic heterocycles. The SMILES string of the molecule is O=C(C=Cc1ccc([N+](=O)[O-])cc1)N1CC[C@@]2(O)CCCC[C@H]2C1. The van der Waals surface area contributed by atoms with E-state index in [9.17, 15) is 20.0 Å². The molecule has 3 rings (SSSR count). The molecule has 1 saturated heterocycles. The lowest BCUT2D eigenvalue weighted by molar-refractivity contribution is -0.384. The lowest BCUT2D eigenvalue weighted by atomic mass is 9.71. The number of aliphatic hydroxyl groups is 1. The molecule has 1 saturated carbocycles. The van der Waals surface area contributed by atoms with Gasteiger partial charge in [0.25, 0.3) is 5.69 Å². The van der Waals surface area contributed by atoms with E-state index in [1.807, 2.05) is 0 Å². The lowest BCUT2D eigenvalue weighted by Gasteiger charge is -2.47. The molecule has 1 aliphatic heterocycles. The lowest BCUT2D eigenvalue weighted by Crippen LogP contribution is -2.54. The Bertz CT molecular complexity index is 655. The number of nitrogens with zero attached hydrogens (tertiary/aromatic N) is 2. The fourth-order valence-corrected chi connectivity index (χ4v) is 3.75. The summed E-state index contributed by atoms with van der Waals surface area (Å²) >= 11 is 0. The van der Waals surface area contributed by atoms with E-state index < -0.39 is 10.5 Å². The molecule has 1 heterocycles. The summed E-state index contributed by atoms with van der Waals surface area (Å²) < 4.78 is 0. The van der Waals surface area contributed by atoms with Crippen LogP contribution in [0.3, 0.4) is 0 Å². The standard InChI is InChI=1S/C18H22N2O4/c21-17(9-6-14-4-7-16(8-5-14)20(23)24)19-12-11-18(22)10-2-1-3-15(18)13-19/h4-9,15,22H,1-3,10-13H2/t15-,18-/m0/s1. The molecule has 1 aromatic rings. The Hall–Kier alpha value is -2.21. The summed E-state index contributed by atoms with van der Waals surface area (Å²) in [6.07, 6.45) is 7.84. The molecule has 2 aliphatic rings. The fourth-order valence-electron chi connectivity index (χ4n) is 3.75. The monoisotopic (exact) mass is 330 g/mol. The number of fused-ring (bicyclic) bond motifs is 1. The number of benzene rings is 1. The highest BCUT2D eigenvalue weighted by molar-refractivity contribution is 5.91. The summed E-state index contributed by atoms with van der Waals surface area (Å²) in [7, 11) is 0. The van der Waals surface area contributed by atoms with E-state index in [1.165, 1.54) is 18.2 Å². The van der Waals surface area contributed by atoms with Crippen LogP contribution >= 0.6 is 0 Å². The molecule has 6 heteroatoms. The minimum atomic E-state index is -0.586. The molecule has 1 amide bonds. The molecule has 6 nitrogen and oxygen atoms in total. The van der Waals surface area contributed by atoms with Crippen molar-refractivity contribution in [3.8, 4) is 0 Å². The summed E-state index contributed by atoms with van der Waals surface area (Å²) in [5.41, 5.74) is 0.197. The van der Waals surface area contributed by atoms with Gasteiger partial charge in [0.1, 0.15) is 0 Å². The van der Waals surface area contributed by atoms with Crippen molar-refractivity contribution in [3.05, 3.63) is 46.0 Å². The number of amides is 1. The summed E-state index contributed by atoms with van der Waals surface area (Å²) in [4.78, 5) is 24.4. The largest absolute Gasteiger partial charge is 0.389 e. The topological polar surface area (TPSA) is 83.7 Å². The maximum Gasteiger partial charge on any atom is 0.269 e. The van der Waals surface area contributed by atoms with Crippen LogP contribution in [0.1, 0.15) is 37.7 Å². The van der Waals surface area contributed by atoms with E-state index in [0.29, 0.717) is 19.5 Å². The zero-order valence-corrected chi connectivity index (χ0v) is 13.6. The minimum Gasteiger partial charge on any atom is -0.389 e. The molecule has 1 aromatic carbocycles.